The minimum Gasteiger partial charge on any atom is -0.384 e. The normalized spacial score (nSPS) is 18.8. The number of para-hydroxylation sites is 1. The smallest absolute Gasteiger partial charge is 0.221 e. The van der Waals surface area contributed by atoms with Crippen molar-refractivity contribution in [3.05, 3.63) is 29.3 Å². The Bertz CT molecular complexity index is 464. The van der Waals surface area contributed by atoms with Crippen LogP contribution in [0.3, 0.4) is 0 Å². The molecule has 0 bridgehead atoms. The highest BCUT2D eigenvalue weighted by atomic mass is 35.5. The average Bonchev–Trinajstić information content (AvgIpc) is 2.76. The van der Waals surface area contributed by atoms with Gasteiger partial charge in [0.15, 0.2) is 0 Å². The number of carbonyl (C=O) groups is 1. The predicted octanol–water partition coefficient (Wildman–Crippen LogP) is 1.40. The Labute approximate surface area is 120 Å². The number of benzene rings is 1. The lowest BCUT2D eigenvalue weighted by Crippen LogP contribution is -2.28. The number of carbonyl (C=O) groups excluding carboxylic acids is 1. The molecule has 0 atom stereocenters. The number of anilines is 1. The first-order chi connectivity index (χ1) is 8.83. The summed E-state index contributed by atoms with van der Waals surface area (Å²) in [6, 6.07) is 6.53. The lowest BCUT2D eigenvalue weighted by molar-refractivity contribution is -0.120. The van der Waals surface area contributed by atoms with Crippen LogP contribution in [0.4, 0.5) is 5.69 Å². The first kappa shape index (κ1) is 14.2. The molecule has 3 rings (SSSR count). The predicted molar refractivity (Wildman–Crippen MR) is 78.8 cm³/mol. The summed E-state index contributed by atoms with van der Waals surface area (Å²) in [6.07, 6.45) is 1.74. The van der Waals surface area contributed by atoms with Gasteiger partial charge in [0.25, 0.3) is 0 Å². The highest BCUT2D eigenvalue weighted by Crippen LogP contribution is 2.27. The second-order valence-corrected chi connectivity index (χ2v) is 5.00. The van der Waals surface area contributed by atoms with Crippen LogP contribution in [0.2, 0.25) is 0 Å². The maximum absolute atomic E-state index is 11.3. The second-order valence-electron chi connectivity index (χ2n) is 5.00. The number of nitrogens with zero attached hydrogens (tertiary/aromatic N) is 1. The molecule has 1 fully saturated rings. The maximum Gasteiger partial charge on any atom is 0.221 e. The molecule has 2 heterocycles. The Morgan fingerprint density at radius 3 is 2.89 bits per heavy atom. The highest BCUT2D eigenvalue weighted by Gasteiger charge is 2.18. The molecule has 0 unspecified atom stereocenters. The number of nitrogens with one attached hydrogen (secondary N) is 2. The van der Waals surface area contributed by atoms with Gasteiger partial charge in [-0.1, -0.05) is 18.2 Å². The van der Waals surface area contributed by atoms with Gasteiger partial charge in [-0.25, -0.2) is 0 Å². The van der Waals surface area contributed by atoms with E-state index in [-0.39, 0.29) is 18.3 Å². The van der Waals surface area contributed by atoms with Crippen molar-refractivity contribution in [2.24, 2.45) is 0 Å². The van der Waals surface area contributed by atoms with Crippen LogP contribution in [0.15, 0.2) is 18.2 Å². The first-order valence-electron chi connectivity index (χ1n) is 6.66. The van der Waals surface area contributed by atoms with Crippen molar-refractivity contribution in [1.82, 2.24) is 10.2 Å². The highest BCUT2D eigenvalue weighted by molar-refractivity contribution is 5.85. The molecule has 19 heavy (non-hydrogen) atoms. The Balaban J connectivity index is 0.00000133. The van der Waals surface area contributed by atoms with Crippen LogP contribution in [0.5, 0.6) is 0 Å². The van der Waals surface area contributed by atoms with E-state index < -0.39 is 0 Å². The lowest BCUT2D eigenvalue weighted by Gasteiger charge is -2.20. The zero-order chi connectivity index (χ0) is 12.4. The van der Waals surface area contributed by atoms with E-state index in [1.807, 2.05) is 0 Å². The molecule has 0 radical (unpaired) electrons. The summed E-state index contributed by atoms with van der Waals surface area (Å²) in [4.78, 5) is 13.7. The number of fused-ring (bicyclic) bond motifs is 1. The van der Waals surface area contributed by atoms with E-state index in [4.69, 9.17) is 0 Å². The molecular formula is C14H20ClN3O. The molecule has 0 aromatic heterocycles. The van der Waals surface area contributed by atoms with Gasteiger partial charge in [0, 0.05) is 44.8 Å². The molecule has 0 saturated carbocycles. The molecular weight excluding hydrogens is 262 g/mol. The summed E-state index contributed by atoms with van der Waals surface area (Å²) in [5, 5.41) is 6.39. The third-order valence-electron chi connectivity index (χ3n) is 3.73. The molecule has 1 aromatic rings. The second kappa shape index (κ2) is 6.26. The molecule has 1 aromatic carbocycles. The summed E-state index contributed by atoms with van der Waals surface area (Å²) in [5.74, 6) is 0.175. The molecule has 2 N–H and O–H groups in total. The zero-order valence-corrected chi connectivity index (χ0v) is 11.8. The molecule has 2 aliphatic heterocycles. The standard InChI is InChI=1S/C14H19N3O.ClH/c18-13-5-8-17(9-7-15-13)10-12-3-1-2-11-4-6-16-14(11)12;/h1-3,16H,4-10H2,(H,15,18);1H. The summed E-state index contributed by atoms with van der Waals surface area (Å²) < 4.78 is 0. The van der Waals surface area contributed by atoms with Gasteiger partial charge in [0.1, 0.15) is 0 Å². The van der Waals surface area contributed by atoms with Crippen molar-refractivity contribution >= 4 is 24.0 Å². The maximum atomic E-state index is 11.3. The van der Waals surface area contributed by atoms with Crippen LogP contribution in [-0.2, 0) is 17.8 Å². The van der Waals surface area contributed by atoms with Gasteiger partial charge < -0.3 is 10.6 Å². The number of amides is 1. The van der Waals surface area contributed by atoms with Crippen LogP contribution >= 0.6 is 12.4 Å². The first-order valence-corrected chi connectivity index (χ1v) is 6.66. The topological polar surface area (TPSA) is 44.4 Å². The molecule has 104 valence electrons. The van der Waals surface area contributed by atoms with Crippen LogP contribution in [0, 0.1) is 0 Å². The van der Waals surface area contributed by atoms with E-state index in [9.17, 15) is 4.79 Å². The summed E-state index contributed by atoms with van der Waals surface area (Å²) in [5.41, 5.74) is 4.11. The van der Waals surface area contributed by atoms with Gasteiger partial charge in [-0.05, 0) is 17.5 Å². The van der Waals surface area contributed by atoms with Gasteiger partial charge in [0.2, 0.25) is 5.91 Å². The fourth-order valence-corrected chi connectivity index (χ4v) is 2.75. The third-order valence-corrected chi connectivity index (χ3v) is 3.73. The van der Waals surface area contributed by atoms with Crippen LogP contribution in [-0.4, -0.2) is 37.0 Å². The molecule has 5 heteroatoms. The molecule has 0 spiro atoms. The van der Waals surface area contributed by atoms with Crippen LogP contribution in [0.1, 0.15) is 17.5 Å². The number of rotatable bonds is 2. The Morgan fingerprint density at radius 2 is 2.00 bits per heavy atom. The van der Waals surface area contributed by atoms with Crippen LogP contribution in [0.25, 0.3) is 0 Å². The van der Waals surface area contributed by atoms with Crippen molar-refractivity contribution < 1.29 is 4.79 Å². The van der Waals surface area contributed by atoms with Gasteiger partial charge in [0.05, 0.1) is 0 Å². The van der Waals surface area contributed by atoms with E-state index >= 15 is 0 Å². The SMILES string of the molecule is Cl.O=C1CCN(Cc2cccc3c2NCC3)CCN1. The quantitative estimate of drug-likeness (QED) is 0.861. The number of halogens is 1. The van der Waals surface area contributed by atoms with Gasteiger partial charge >= 0.3 is 0 Å². The van der Waals surface area contributed by atoms with Crippen molar-refractivity contribution in [1.29, 1.82) is 0 Å². The molecule has 4 nitrogen and oxygen atoms in total. The van der Waals surface area contributed by atoms with E-state index in [2.05, 4.69) is 33.7 Å². The minimum atomic E-state index is 0. The van der Waals surface area contributed by atoms with Gasteiger partial charge in [-0.3, -0.25) is 9.69 Å². The number of hydrogen-bond acceptors (Lipinski definition) is 3. The largest absolute Gasteiger partial charge is 0.384 e. The molecule has 0 aliphatic carbocycles. The molecule has 1 amide bonds. The van der Waals surface area contributed by atoms with E-state index in [0.717, 1.165) is 39.1 Å². The van der Waals surface area contributed by atoms with Crippen molar-refractivity contribution in [3.8, 4) is 0 Å². The number of hydrogen-bond donors (Lipinski definition) is 2. The fraction of sp³-hybridized carbons (Fsp3) is 0.500. The van der Waals surface area contributed by atoms with Crippen molar-refractivity contribution in [3.63, 3.8) is 0 Å². The lowest BCUT2D eigenvalue weighted by atomic mass is 10.1. The summed E-state index contributed by atoms with van der Waals surface area (Å²) in [7, 11) is 0. The minimum absolute atomic E-state index is 0. The van der Waals surface area contributed by atoms with Gasteiger partial charge in [-0.2, -0.15) is 0 Å². The van der Waals surface area contributed by atoms with E-state index in [1.54, 1.807) is 0 Å². The third kappa shape index (κ3) is 3.19. The Morgan fingerprint density at radius 1 is 1.11 bits per heavy atom. The monoisotopic (exact) mass is 281 g/mol. The summed E-state index contributed by atoms with van der Waals surface area (Å²) >= 11 is 0. The zero-order valence-electron chi connectivity index (χ0n) is 10.9. The van der Waals surface area contributed by atoms with Crippen LogP contribution < -0.4 is 10.6 Å². The van der Waals surface area contributed by atoms with Crippen molar-refractivity contribution in [2.75, 3.05) is 31.5 Å². The molecule has 2 aliphatic rings. The summed E-state index contributed by atoms with van der Waals surface area (Å²) in [6.45, 7) is 4.55. The van der Waals surface area contributed by atoms with Crippen molar-refractivity contribution in [2.45, 2.75) is 19.4 Å². The fourth-order valence-electron chi connectivity index (χ4n) is 2.75. The Kier molecular flexibility index (Phi) is 4.66. The molecule has 1 saturated heterocycles. The van der Waals surface area contributed by atoms with E-state index in [0.29, 0.717) is 6.42 Å². The van der Waals surface area contributed by atoms with E-state index in [1.165, 1.54) is 16.8 Å². The average molecular weight is 282 g/mol. The Hall–Kier alpha value is -1.26. The van der Waals surface area contributed by atoms with Gasteiger partial charge in [-0.15, -0.1) is 12.4 Å².